The predicted molar refractivity (Wildman–Crippen MR) is 63.4 cm³/mol. The van der Waals surface area contributed by atoms with E-state index in [9.17, 15) is 18.0 Å². The Balaban J connectivity index is 2.38. The summed E-state index contributed by atoms with van der Waals surface area (Å²) in [5.74, 6) is -0.686. The average molecular weight is 260 g/mol. The standard InChI is InChI=1S/C12H15F3N2O/c1-2-9-4-3-5-10(6-9)16-7-11(18)17-8-12(13,14)15/h3-6,16H,2,7-8H2,1H3,(H,17,18). The summed E-state index contributed by atoms with van der Waals surface area (Å²) in [6, 6.07) is 7.39. The molecule has 0 spiro atoms. The van der Waals surface area contributed by atoms with Crippen LogP contribution >= 0.6 is 0 Å². The van der Waals surface area contributed by atoms with Gasteiger partial charge in [0, 0.05) is 5.69 Å². The molecule has 1 aromatic carbocycles. The first-order valence-electron chi connectivity index (χ1n) is 5.57. The van der Waals surface area contributed by atoms with Crippen LogP contribution in [0.2, 0.25) is 0 Å². The third kappa shape index (κ3) is 5.56. The molecule has 0 heterocycles. The number of halogens is 3. The molecule has 0 radical (unpaired) electrons. The Hall–Kier alpha value is -1.72. The number of nitrogens with one attached hydrogen (secondary N) is 2. The summed E-state index contributed by atoms with van der Waals surface area (Å²) in [6.07, 6.45) is -3.52. The Bertz CT molecular complexity index is 405. The first-order chi connectivity index (χ1) is 8.40. The van der Waals surface area contributed by atoms with Gasteiger partial charge < -0.3 is 10.6 Å². The molecule has 2 N–H and O–H groups in total. The fourth-order valence-corrected chi connectivity index (χ4v) is 1.34. The number of anilines is 1. The molecule has 0 fully saturated rings. The summed E-state index contributed by atoms with van der Waals surface area (Å²) in [5.41, 5.74) is 1.81. The van der Waals surface area contributed by atoms with E-state index in [1.54, 1.807) is 11.4 Å². The van der Waals surface area contributed by atoms with Gasteiger partial charge in [0.1, 0.15) is 6.54 Å². The largest absolute Gasteiger partial charge is 0.405 e. The second-order valence-electron chi connectivity index (χ2n) is 3.80. The van der Waals surface area contributed by atoms with Crippen molar-refractivity contribution >= 4 is 11.6 Å². The van der Waals surface area contributed by atoms with Gasteiger partial charge in [-0.3, -0.25) is 4.79 Å². The zero-order valence-corrected chi connectivity index (χ0v) is 9.97. The second-order valence-corrected chi connectivity index (χ2v) is 3.80. The number of hydrogen-bond acceptors (Lipinski definition) is 2. The van der Waals surface area contributed by atoms with Gasteiger partial charge in [0.25, 0.3) is 0 Å². The molecule has 3 nitrogen and oxygen atoms in total. The third-order valence-corrected chi connectivity index (χ3v) is 2.27. The maximum Gasteiger partial charge on any atom is 0.405 e. The quantitative estimate of drug-likeness (QED) is 0.853. The van der Waals surface area contributed by atoms with E-state index in [-0.39, 0.29) is 6.54 Å². The lowest BCUT2D eigenvalue weighted by atomic mass is 10.1. The van der Waals surface area contributed by atoms with Crippen LogP contribution in [0.4, 0.5) is 18.9 Å². The summed E-state index contributed by atoms with van der Waals surface area (Å²) in [6.45, 7) is 0.515. The van der Waals surface area contributed by atoms with Gasteiger partial charge in [-0.05, 0) is 24.1 Å². The van der Waals surface area contributed by atoms with Gasteiger partial charge in [0.2, 0.25) is 5.91 Å². The van der Waals surface area contributed by atoms with Crippen molar-refractivity contribution in [2.45, 2.75) is 19.5 Å². The normalized spacial score (nSPS) is 11.1. The van der Waals surface area contributed by atoms with Crippen LogP contribution in [0, 0.1) is 0 Å². The van der Waals surface area contributed by atoms with E-state index < -0.39 is 18.6 Å². The fourth-order valence-electron chi connectivity index (χ4n) is 1.34. The van der Waals surface area contributed by atoms with Crippen LogP contribution in [0.25, 0.3) is 0 Å². The molecule has 0 unspecified atom stereocenters. The first kappa shape index (κ1) is 14.3. The minimum Gasteiger partial charge on any atom is -0.376 e. The van der Waals surface area contributed by atoms with Gasteiger partial charge in [-0.1, -0.05) is 19.1 Å². The molecule has 6 heteroatoms. The first-order valence-corrected chi connectivity index (χ1v) is 5.57. The molecule has 0 aliphatic rings. The van der Waals surface area contributed by atoms with Gasteiger partial charge >= 0.3 is 6.18 Å². The molecule has 1 aromatic rings. The Morgan fingerprint density at radius 1 is 1.33 bits per heavy atom. The predicted octanol–water partition coefficient (Wildman–Crippen LogP) is 2.34. The summed E-state index contributed by atoms with van der Waals surface area (Å²) in [4.78, 5) is 11.1. The lowest BCUT2D eigenvalue weighted by Crippen LogP contribution is -2.37. The van der Waals surface area contributed by atoms with Crippen LogP contribution in [0.5, 0.6) is 0 Å². The minimum absolute atomic E-state index is 0.177. The summed E-state index contributed by atoms with van der Waals surface area (Å²) >= 11 is 0. The van der Waals surface area contributed by atoms with Crippen molar-refractivity contribution in [2.24, 2.45) is 0 Å². The monoisotopic (exact) mass is 260 g/mol. The topological polar surface area (TPSA) is 41.1 Å². The zero-order chi connectivity index (χ0) is 13.6. The van der Waals surface area contributed by atoms with E-state index >= 15 is 0 Å². The molecule has 1 amide bonds. The highest BCUT2D eigenvalue weighted by Gasteiger charge is 2.27. The Morgan fingerprint density at radius 2 is 2.06 bits per heavy atom. The Morgan fingerprint density at radius 3 is 2.67 bits per heavy atom. The number of carbonyl (C=O) groups excluding carboxylic acids is 1. The molecule has 18 heavy (non-hydrogen) atoms. The van der Waals surface area contributed by atoms with Gasteiger partial charge in [-0.2, -0.15) is 13.2 Å². The van der Waals surface area contributed by atoms with Crippen molar-refractivity contribution < 1.29 is 18.0 Å². The molecule has 0 aliphatic heterocycles. The number of alkyl halides is 3. The van der Waals surface area contributed by atoms with Crippen molar-refractivity contribution in [1.82, 2.24) is 5.32 Å². The summed E-state index contributed by atoms with van der Waals surface area (Å²) < 4.78 is 35.5. The van der Waals surface area contributed by atoms with Crippen molar-refractivity contribution in [1.29, 1.82) is 0 Å². The maximum absolute atomic E-state index is 11.8. The van der Waals surface area contributed by atoms with Crippen LogP contribution in [0.3, 0.4) is 0 Å². The Kier molecular flexibility index (Phi) is 5.00. The minimum atomic E-state index is -4.38. The number of rotatable bonds is 5. The Labute approximate surface area is 103 Å². The van der Waals surface area contributed by atoms with Crippen molar-refractivity contribution in [3.8, 4) is 0 Å². The zero-order valence-electron chi connectivity index (χ0n) is 9.97. The van der Waals surface area contributed by atoms with Crippen LogP contribution in [-0.4, -0.2) is 25.2 Å². The molecule has 0 aliphatic carbocycles. The number of benzene rings is 1. The number of hydrogen-bond donors (Lipinski definition) is 2. The lowest BCUT2D eigenvalue weighted by molar-refractivity contribution is -0.137. The molecule has 0 aromatic heterocycles. The summed E-state index contributed by atoms with van der Waals surface area (Å²) in [7, 11) is 0. The SMILES string of the molecule is CCc1cccc(NCC(=O)NCC(F)(F)F)c1. The highest BCUT2D eigenvalue weighted by Crippen LogP contribution is 2.12. The number of aryl methyl sites for hydroxylation is 1. The molecule has 0 atom stereocenters. The van der Waals surface area contributed by atoms with Crippen LogP contribution in [0.15, 0.2) is 24.3 Å². The van der Waals surface area contributed by atoms with Gasteiger partial charge in [0.05, 0.1) is 6.54 Å². The van der Waals surface area contributed by atoms with E-state index in [0.717, 1.165) is 17.7 Å². The van der Waals surface area contributed by atoms with E-state index in [2.05, 4.69) is 5.32 Å². The number of amides is 1. The van der Waals surface area contributed by atoms with Crippen molar-refractivity contribution in [3.05, 3.63) is 29.8 Å². The smallest absolute Gasteiger partial charge is 0.376 e. The van der Waals surface area contributed by atoms with Gasteiger partial charge in [-0.25, -0.2) is 0 Å². The van der Waals surface area contributed by atoms with E-state index in [4.69, 9.17) is 0 Å². The molecule has 0 saturated heterocycles. The molecular formula is C12H15F3N2O. The molecule has 100 valence electrons. The van der Waals surface area contributed by atoms with Gasteiger partial charge in [-0.15, -0.1) is 0 Å². The van der Waals surface area contributed by atoms with E-state index in [1.165, 1.54) is 0 Å². The van der Waals surface area contributed by atoms with Crippen molar-refractivity contribution in [3.63, 3.8) is 0 Å². The number of carbonyl (C=O) groups is 1. The van der Waals surface area contributed by atoms with Crippen molar-refractivity contribution in [2.75, 3.05) is 18.4 Å². The molecule has 0 saturated carbocycles. The molecule has 1 rings (SSSR count). The molecule has 0 bridgehead atoms. The van der Waals surface area contributed by atoms with E-state index in [0.29, 0.717) is 0 Å². The highest BCUT2D eigenvalue weighted by molar-refractivity contribution is 5.80. The lowest BCUT2D eigenvalue weighted by Gasteiger charge is -2.10. The summed E-state index contributed by atoms with van der Waals surface area (Å²) in [5, 5.41) is 4.57. The highest BCUT2D eigenvalue weighted by atomic mass is 19.4. The second kappa shape index (κ2) is 6.28. The van der Waals surface area contributed by atoms with Crippen LogP contribution in [-0.2, 0) is 11.2 Å². The third-order valence-electron chi connectivity index (χ3n) is 2.27. The maximum atomic E-state index is 11.8. The fraction of sp³-hybridized carbons (Fsp3) is 0.417. The average Bonchev–Trinajstić information content (AvgIpc) is 2.33. The van der Waals surface area contributed by atoms with Gasteiger partial charge in [0.15, 0.2) is 0 Å². The van der Waals surface area contributed by atoms with E-state index in [1.807, 2.05) is 25.1 Å². The van der Waals surface area contributed by atoms with Crippen LogP contribution in [0.1, 0.15) is 12.5 Å². The van der Waals surface area contributed by atoms with Crippen LogP contribution < -0.4 is 10.6 Å². The molecular weight excluding hydrogens is 245 g/mol.